The van der Waals surface area contributed by atoms with Crippen molar-refractivity contribution in [1.29, 1.82) is 0 Å². The highest BCUT2D eigenvalue weighted by Gasteiger charge is 2.20. The Balaban J connectivity index is 3.33. The van der Waals surface area contributed by atoms with Crippen molar-refractivity contribution in [2.24, 2.45) is 0 Å². The molecule has 106 valence electrons. The first-order chi connectivity index (χ1) is 9.06. The third kappa shape index (κ3) is 3.62. The van der Waals surface area contributed by atoms with Gasteiger partial charge in [-0.25, -0.2) is 4.79 Å². The van der Waals surface area contributed by atoms with E-state index in [0.717, 1.165) is 10.0 Å². The second-order valence-corrected chi connectivity index (χ2v) is 4.57. The van der Waals surface area contributed by atoms with Crippen LogP contribution in [0.2, 0.25) is 0 Å². The van der Waals surface area contributed by atoms with Crippen LogP contribution in [0.4, 0.5) is 0 Å². The van der Waals surface area contributed by atoms with Gasteiger partial charge in [-0.3, -0.25) is 0 Å². The van der Waals surface area contributed by atoms with E-state index in [1.165, 1.54) is 0 Å². The normalized spacial score (nSPS) is 10.2. The molecular weight excluding hydrogens is 312 g/mol. The molecule has 0 aliphatic carbocycles. The van der Waals surface area contributed by atoms with Crippen molar-refractivity contribution < 1.29 is 19.0 Å². The lowest BCUT2D eigenvalue weighted by atomic mass is 10.1. The zero-order chi connectivity index (χ0) is 14.4. The lowest BCUT2D eigenvalue weighted by Crippen LogP contribution is -2.10. The molecule has 0 unspecified atom stereocenters. The van der Waals surface area contributed by atoms with Crippen LogP contribution in [0.25, 0.3) is 0 Å². The zero-order valence-electron chi connectivity index (χ0n) is 11.7. The van der Waals surface area contributed by atoms with E-state index in [4.69, 9.17) is 14.2 Å². The van der Waals surface area contributed by atoms with E-state index in [1.807, 2.05) is 20.8 Å². The summed E-state index contributed by atoms with van der Waals surface area (Å²) in [7, 11) is 0. The lowest BCUT2D eigenvalue weighted by Gasteiger charge is -2.16. The average molecular weight is 331 g/mol. The molecule has 4 nitrogen and oxygen atoms in total. The fourth-order valence-electron chi connectivity index (χ4n) is 1.70. The maximum atomic E-state index is 11.9. The Bertz CT molecular complexity index is 457. The van der Waals surface area contributed by atoms with Crippen LogP contribution in [-0.4, -0.2) is 25.8 Å². The number of esters is 1. The third-order valence-corrected chi connectivity index (χ3v) is 3.27. The Morgan fingerprint density at radius 2 is 1.79 bits per heavy atom. The molecule has 0 saturated carbocycles. The fraction of sp³-hybridized carbons (Fsp3) is 0.500. The number of carbonyl (C=O) groups is 1. The van der Waals surface area contributed by atoms with Gasteiger partial charge in [0.1, 0.15) is 16.0 Å². The third-order valence-electron chi connectivity index (χ3n) is 2.52. The van der Waals surface area contributed by atoms with Gasteiger partial charge in [-0.1, -0.05) is 0 Å². The predicted octanol–water partition coefficient (Wildman–Crippen LogP) is 3.73. The molecule has 0 aliphatic rings. The number of carbonyl (C=O) groups excluding carboxylic acids is 1. The van der Waals surface area contributed by atoms with Gasteiger partial charge in [-0.15, -0.1) is 0 Å². The monoisotopic (exact) mass is 330 g/mol. The predicted molar refractivity (Wildman–Crippen MR) is 77.2 cm³/mol. The molecule has 0 heterocycles. The van der Waals surface area contributed by atoms with Crippen molar-refractivity contribution >= 4 is 21.9 Å². The highest BCUT2D eigenvalue weighted by atomic mass is 79.9. The number of hydrogen-bond acceptors (Lipinski definition) is 4. The van der Waals surface area contributed by atoms with Crippen LogP contribution >= 0.6 is 15.9 Å². The summed E-state index contributed by atoms with van der Waals surface area (Å²) in [6, 6.07) is 1.68. The Morgan fingerprint density at radius 1 is 1.16 bits per heavy atom. The molecule has 0 N–H and O–H groups in total. The van der Waals surface area contributed by atoms with Gasteiger partial charge >= 0.3 is 5.97 Å². The van der Waals surface area contributed by atoms with E-state index in [9.17, 15) is 4.79 Å². The quantitative estimate of drug-likeness (QED) is 0.745. The van der Waals surface area contributed by atoms with Gasteiger partial charge in [-0.05, 0) is 49.7 Å². The van der Waals surface area contributed by atoms with Gasteiger partial charge in [0.2, 0.25) is 0 Å². The van der Waals surface area contributed by atoms with Crippen LogP contribution in [0, 0.1) is 6.92 Å². The summed E-state index contributed by atoms with van der Waals surface area (Å²) in [5.74, 6) is 0.838. The fourth-order valence-corrected chi connectivity index (χ4v) is 2.34. The van der Waals surface area contributed by atoms with Gasteiger partial charge < -0.3 is 14.2 Å². The van der Waals surface area contributed by atoms with Crippen molar-refractivity contribution in [2.45, 2.75) is 27.7 Å². The first-order valence-electron chi connectivity index (χ1n) is 6.32. The van der Waals surface area contributed by atoms with Crippen LogP contribution < -0.4 is 9.47 Å². The molecule has 1 aromatic rings. The highest BCUT2D eigenvalue weighted by molar-refractivity contribution is 9.10. The second kappa shape index (κ2) is 7.38. The van der Waals surface area contributed by atoms with Crippen LogP contribution in [-0.2, 0) is 4.74 Å². The number of hydrogen-bond donors (Lipinski definition) is 0. The van der Waals surface area contributed by atoms with Crippen LogP contribution in [0.3, 0.4) is 0 Å². The van der Waals surface area contributed by atoms with Crippen molar-refractivity contribution in [1.82, 2.24) is 0 Å². The summed E-state index contributed by atoms with van der Waals surface area (Å²) in [5, 5.41) is 0. The Hall–Kier alpha value is -1.23. The molecule has 0 bridgehead atoms. The minimum atomic E-state index is -0.366. The molecule has 0 aliphatic heterocycles. The zero-order valence-corrected chi connectivity index (χ0v) is 13.3. The number of ether oxygens (including phenoxy) is 3. The Morgan fingerprint density at radius 3 is 2.32 bits per heavy atom. The summed E-state index contributed by atoms with van der Waals surface area (Å²) in [4.78, 5) is 11.9. The van der Waals surface area contributed by atoms with Crippen molar-refractivity contribution in [3.05, 3.63) is 21.7 Å². The minimum Gasteiger partial charge on any atom is -0.493 e. The SMILES string of the molecule is CCOC(=O)c1cc(OCC)c(Br)c(OCC)c1C. The van der Waals surface area contributed by atoms with E-state index in [2.05, 4.69) is 15.9 Å². The summed E-state index contributed by atoms with van der Waals surface area (Å²) in [5.41, 5.74) is 1.22. The lowest BCUT2D eigenvalue weighted by molar-refractivity contribution is 0.0524. The first kappa shape index (κ1) is 15.8. The average Bonchev–Trinajstić information content (AvgIpc) is 2.38. The molecule has 0 radical (unpaired) electrons. The minimum absolute atomic E-state index is 0.336. The van der Waals surface area contributed by atoms with Gasteiger partial charge in [0.05, 0.1) is 25.4 Å². The van der Waals surface area contributed by atoms with E-state index < -0.39 is 0 Å². The molecule has 19 heavy (non-hydrogen) atoms. The van der Waals surface area contributed by atoms with Gasteiger partial charge in [0, 0.05) is 5.56 Å². The summed E-state index contributed by atoms with van der Waals surface area (Å²) >= 11 is 3.45. The number of rotatable bonds is 6. The first-order valence-corrected chi connectivity index (χ1v) is 7.11. The van der Waals surface area contributed by atoms with Crippen LogP contribution in [0.15, 0.2) is 10.5 Å². The maximum absolute atomic E-state index is 11.9. The van der Waals surface area contributed by atoms with Crippen LogP contribution in [0.5, 0.6) is 11.5 Å². The Kier molecular flexibility index (Phi) is 6.15. The summed E-state index contributed by atoms with van der Waals surface area (Å²) < 4.78 is 16.9. The standard InChI is InChI=1S/C14H19BrO4/c1-5-17-11-8-10(14(16)19-7-3)9(4)13(12(11)15)18-6-2/h8H,5-7H2,1-4H3. The van der Waals surface area contributed by atoms with Gasteiger partial charge in [0.25, 0.3) is 0 Å². The van der Waals surface area contributed by atoms with E-state index in [1.54, 1.807) is 13.0 Å². The molecule has 1 rings (SSSR count). The smallest absolute Gasteiger partial charge is 0.338 e. The van der Waals surface area contributed by atoms with E-state index in [0.29, 0.717) is 36.9 Å². The van der Waals surface area contributed by atoms with E-state index in [-0.39, 0.29) is 5.97 Å². The van der Waals surface area contributed by atoms with Crippen molar-refractivity contribution in [2.75, 3.05) is 19.8 Å². The van der Waals surface area contributed by atoms with Crippen molar-refractivity contribution in [3.63, 3.8) is 0 Å². The summed E-state index contributed by atoms with van der Waals surface area (Å²) in [6.45, 7) is 8.74. The molecule has 0 amide bonds. The van der Waals surface area contributed by atoms with Gasteiger partial charge in [0.15, 0.2) is 0 Å². The molecule has 0 atom stereocenters. The summed E-state index contributed by atoms with van der Waals surface area (Å²) in [6.07, 6.45) is 0. The molecule has 5 heteroatoms. The number of halogens is 1. The van der Waals surface area contributed by atoms with E-state index >= 15 is 0 Å². The maximum Gasteiger partial charge on any atom is 0.338 e. The molecule has 0 fully saturated rings. The molecule has 1 aromatic carbocycles. The largest absolute Gasteiger partial charge is 0.493 e. The highest BCUT2D eigenvalue weighted by Crippen LogP contribution is 2.39. The molecular formula is C14H19BrO4. The topological polar surface area (TPSA) is 44.8 Å². The molecule has 0 spiro atoms. The van der Waals surface area contributed by atoms with Crippen molar-refractivity contribution in [3.8, 4) is 11.5 Å². The number of benzene rings is 1. The second-order valence-electron chi connectivity index (χ2n) is 3.78. The Labute approximate surface area is 122 Å². The molecule has 0 aromatic heterocycles. The molecule has 0 saturated heterocycles. The van der Waals surface area contributed by atoms with Crippen LogP contribution in [0.1, 0.15) is 36.7 Å². The van der Waals surface area contributed by atoms with Gasteiger partial charge in [-0.2, -0.15) is 0 Å².